The lowest BCUT2D eigenvalue weighted by atomic mass is 10.0. The highest BCUT2D eigenvalue weighted by Crippen LogP contribution is 2.33. The summed E-state index contributed by atoms with van der Waals surface area (Å²) in [7, 11) is -4.30. The average Bonchev–Trinajstić information content (AvgIpc) is 2.98. The highest BCUT2D eigenvalue weighted by atomic mass is 35.5. The summed E-state index contributed by atoms with van der Waals surface area (Å²) in [6.45, 7) is 3.89. The molecule has 236 valence electrons. The number of aliphatic hydroxyl groups is 1. The lowest BCUT2D eigenvalue weighted by Gasteiger charge is -2.23. The van der Waals surface area contributed by atoms with Gasteiger partial charge in [-0.25, -0.2) is 13.1 Å². The number of hydrogen-bond acceptors (Lipinski definition) is 7. The van der Waals surface area contributed by atoms with Crippen LogP contribution in [0.2, 0.25) is 5.02 Å². The van der Waals surface area contributed by atoms with E-state index in [1.54, 1.807) is 35.2 Å². The number of hydrogen-bond donors (Lipinski definition) is 4. The molecule has 0 heterocycles. The van der Waals surface area contributed by atoms with Gasteiger partial charge in [-0.2, -0.15) is 12.6 Å². The van der Waals surface area contributed by atoms with E-state index in [1.807, 2.05) is 42.0 Å². The van der Waals surface area contributed by atoms with Crippen molar-refractivity contribution >= 4 is 52.0 Å². The van der Waals surface area contributed by atoms with Crippen LogP contribution in [0.15, 0.2) is 77.7 Å². The molecule has 0 saturated heterocycles. The molecule has 0 saturated carbocycles. The van der Waals surface area contributed by atoms with E-state index in [-0.39, 0.29) is 52.1 Å². The first-order chi connectivity index (χ1) is 20.9. The smallest absolute Gasteiger partial charge is 0.264 e. The molecule has 9 nitrogen and oxygen atoms in total. The molecule has 0 fully saturated rings. The molecule has 0 aliphatic rings. The molecule has 0 aliphatic heterocycles. The summed E-state index contributed by atoms with van der Waals surface area (Å²) in [4.78, 5) is 38.9. The molecule has 44 heavy (non-hydrogen) atoms. The van der Waals surface area contributed by atoms with E-state index in [4.69, 9.17) is 11.6 Å². The van der Waals surface area contributed by atoms with Crippen molar-refractivity contribution in [2.75, 3.05) is 13.1 Å². The first-order valence-electron chi connectivity index (χ1n) is 14.3. The number of amides is 3. The molecule has 3 N–H and O–H groups in total. The summed E-state index contributed by atoms with van der Waals surface area (Å²) in [5.41, 5.74) is 2.50. The Bertz CT molecular complexity index is 1550. The van der Waals surface area contributed by atoms with Crippen molar-refractivity contribution in [1.82, 2.24) is 14.9 Å². The first kappa shape index (κ1) is 35.1. The van der Waals surface area contributed by atoms with E-state index in [9.17, 15) is 27.9 Å². The van der Waals surface area contributed by atoms with Crippen molar-refractivity contribution in [3.8, 4) is 11.1 Å². The maximum absolute atomic E-state index is 12.9. The molecule has 2 atom stereocenters. The van der Waals surface area contributed by atoms with Crippen molar-refractivity contribution in [2.45, 2.75) is 62.3 Å². The molecule has 0 radical (unpaired) electrons. The number of rotatable bonds is 15. The van der Waals surface area contributed by atoms with Gasteiger partial charge in [0.2, 0.25) is 11.8 Å². The number of thiol groups is 1. The Morgan fingerprint density at radius 3 is 2.30 bits per heavy atom. The van der Waals surface area contributed by atoms with Crippen LogP contribution in [0.1, 0.15) is 44.2 Å². The third kappa shape index (κ3) is 10.4. The van der Waals surface area contributed by atoms with Crippen LogP contribution < -0.4 is 10.0 Å². The maximum Gasteiger partial charge on any atom is 0.264 e. The van der Waals surface area contributed by atoms with Gasteiger partial charge < -0.3 is 15.3 Å². The topological polar surface area (TPSA) is 133 Å². The molecule has 3 aromatic carbocycles. The van der Waals surface area contributed by atoms with E-state index < -0.39 is 22.0 Å². The minimum Gasteiger partial charge on any atom is -0.384 e. The molecule has 3 rings (SSSR count). The van der Waals surface area contributed by atoms with E-state index in [2.05, 4.69) is 17.9 Å². The fraction of sp³-hybridized carbons (Fsp3) is 0.344. The number of carbonyl (C=O) groups excluding carboxylic acids is 3. The first-order valence-corrected chi connectivity index (χ1v) is 16.7. The van der Waals surface area contributed by atoms with Gasteiger partial charge in [-0.1, -0.05) is 79.2 Å². The van der Waals surface area contributed by atoms with Crippen molar-refractivity contribution in [2.24, 2.45) is 0 Å². The second kappa shape index (κ2) is 16.6. The lowest BCUT2D eigenvalue weighted by Crippen LogP contribution is -2.37. The Kier molecular flexibility index (Phi) is 13.3. The van der Waals surface area contributed by atoms with Crippen LogP contribution in [0, 0.1) is 0 Å². The van der Waals surface area contributed by atoms with Crippen LogP contribution in [0.25, 0.3) is 11.1 Å². The van der Waals surface area contributed by atoms with Gasteiger partial charge in [-0.3, -0.25) is 14.4 Å². The highest BCUT2D eigenvalue weighted by molar-refractivity contribution is 7.90. The summed E-state index contributed by atoms with van der Waals surface area (Å²) in [6, 6.07) is 21.0. The van der Waals surface area contributed by atoms with Crippen LogP contribution in [0.3, 0.4) is 0 Å². The maximum atomic E-state index is 12.9. The number of aliphatic hydroxyl groups excluding tert-OH is 1. The second-order valence-corrected chi connectivity index (χ2v) is 13.2. The fourth-order valence-electron chi connectivity index (χ4n) is 4.47. The Morgan fingerprint density at radius 2 is 1.64 bits per heavy atom. The van der Waals surface area contributed by atoms with E-state index >= 15 is 0 Å². The van der Waals surface area contributed by atoms with Gasteiger partial charge in [0, 0.05) is 53.9 Å². The van der Waals surface area contributed by atoms with Gasteiger partial charge in [0.25, 0.3) is 15.9 Å². The van der Waals surface area contributed by atoms with Gasteiger partial charge in [0.05, 0.1) is 4.90 Å². The van der Waals surface area contributed by atoms with Crippen LogP contribution >= 0.6 is 24.2 Å². The molecular weight excluding hydrogens is 622 g/mol. The highest BCUT2D eigenvalue weighted by Gasteiger charge is 2.25. The molecule has 3 aromatic rings. The standard InChI is InChI=1S/C32H38ClN3O6S2/c1-3-9-31(39)36(17-16-30(38)34-20-25(43)18-23-10-5-4-6-11-23)21-24-14-15-26(28(33)19-24)27-12-7-8-13-29(27)44(41,42)35-32(40)22(2)37/h4-8,10-15,19,22,25,37,43H,3,9,16-18,20-21H2,1-2H3,(H,34,38)(H,35,40)/t22-,25-/m0/s1. The molecule has 0 aliphatic carbocycles. The third-order valence-electron chi connectivity index (χ3n) is 6.76. The Morgan fingerprint density at radius 1 is 0.955 bits per heavy atom. The van der Waals surface area contributed by atoms with Gasteiger partial charge in [0.15, 0.2) is 0 Å². The van der Waals surface area contributed by atoms with E-state index in [1.165, 1.54) is 12.1 Å². The SMILES string of the molecule is CCCC(=O)N(CCC(=O)NC[C@@H](S)Cc1ccccc1)Cc1ccc(-c2ccccc2S(=O)(=O)NC(=O)[C@H](C)O)c(Cl)c1. The predicted octanol–water partition coefficient (Wildman–Crippen LogP) is 4.37. The number of halogens is 1. The number of sulfonamides is 1. The normalized spacial score (nSPS) is 12.7. The number of nitrogens with zero attached hydrogens (tertiary/aromatic N) is 1. The summed E-state index contributed by atoms with van der Waals surface area (Å²) in [6.07, 6.45) is 0.306. The van der Waals surface area contributed by atoms with Crippen molar-refractivity contribution in [1.29, 1.82) is 0 Å². The number of benzene rings is 3. The quantitative estimate of drug-likeness (QED) is 0.179. The van der Waals surface area contributed by atoms with Crippen LogP contribution in [-0.2, 0) is 37.4 Å². The summed E-state index contributed by atoms with van der Waals surface area (Å²) in [5.74, 6) is -1.33. The zero-order valence-corrected chi connectivity index (χ0v) is 27.2. The minimum atomic E-state index is -4.30. The van der Waals surface area contributed by atoms with Gasteiger partial charge in [-0.15, -0.1) is 0 Å². The molecular formula is C32H38ClN3O6S2. The predicted molar refractivity (Wildman–Crippen MR) is 175 cm³/mol. The monoisotopic (exact) mass is 659 g/mol. The Balaban J connectivity index is 1.70. The molecule has 3 amide bonds. The van der Waals surface area contributed by atoms with Crippen LogP contribution in [-0.4, -0.2) is 60.6 Å². The summed E-state index contributed by atoms with van der Waals surface area (Å²) >= 11 is 11.2. The molecule has 0 spiro atoms. The Hall–Kier alpha value is -3.38. The van der Waals surface area contributed by atoms with Gasteiger partial charge in [0.1, 0.15) is 6.10 Å². The fourth-order valence-corrected chi connectivity index (χ4v) is 6.35. The van der Waals surface area contributed by atoms with Gasteiger partial charge >= 0.3 is 0 Å². The Labute approximate surface area is 269 Å². The van der Waals surface area contributed by atoms with E-state index in [0.29, 0.717) is 30.5 Å². The van der Waals surface area contributed by atoms with Crippen molar-refractivity contribution in [3.63, 3.8) is 0 Å². The number of nitrogens with one attached hydrogen (secondary N) is 2. The van der Waals surface area contributed by atoms with Crippen LogP contribution in [0.5, 0.6) is 0 Å². The minimum absolute atomic E-state index is 0.0468. The summed E-state index contributed by atoms with van der Waals surface area (Å²) < 4.78 is 27.7. The summed E-state index contributed by atoms with van der Waals surface area (Å²) in [5, 5.41) is 12.5. The van der Waals surface area contributed by atoms with Gasteiger partial charge in [-0.05, 0) is 43.0 Å². The number of carbonyl (C=O) groups is 3. The van der Waals surface area contributed by atoms with Crippen molar-refractivity contribution < 1.29 is 27.9 Å². The average molecular weight is 660 g/mol. The molecule has 0 unspecified atom stereocenters. The zero-order valence-electron chi connectivity index (χ0n) is 24.7. The molecule has 0 aromatic heterocycles. The zero-order chi connectivity index (χ0) is 32.3. The lowest BCUT2D eigenvalue weighted by molar-refractivity contribution is -0.132. The second-order valence-electron chi connectivity index (χ2n) is 10.4. The molecule has 0 bridgehead atoms. The molecule has 12 heteroatoms. The van der Waals surface area contributed by atoms with Crippen molar-refractivity contribution in [3.05, 3.63) is 88.9 Å². The van der Waals surface area contributed by atoms with Crippen LogP contribution in [0.4, 0.5) is 0 Å². The van der Waals surface area contributed by atoms with E-state index in [0.717, 1.165) is 18.9 Å². The third-order valence-corrected chi connectivity index (χ3v) is 8.85. The largest absolute Gasteiger partial charge is 0.384 e.